The van der Waals surface area contributed by atoms with Crippen molar-refractivity contribution in [1.82, 2.24) is 0 Å². The molecular weight excluding hydrogens is 313 g/mol. The number of hydrogen-bond acceptors (Lipinski definition) is 4. The molecule has 1 heterocycles. The average Bonchev–Trinajstić information content (AvgIpc) is 2.79. The normalized spacial score (nSPS) is 16.6. The Balaban J connectivity index is 2.14. The average molecular weight is 329 g/mol. The van der Waals surface area contributed by atoms with Gasteiger partial charge in [0.1, 0.15) is 11.6 Å². The molecule has 0 aromatic heterocycles. The van der Waals surface area contributed by atoms with Crippen molar-refractivity contribution < 1.29 is 13.9 Å². The summed E-state index contributed by atoms with van der Waals surface area (Å²) in [6.45, 7) is 3.46. The number of Topliss-reactive ketones (excluding diaryl/α,β-unsaturated/α-hetero) is 1. The van der Waals surface area contributed by atoms with Gasteiger partial charge in [0, 0.05) is 10.5 Å². The summed E-state index contributed by atoms with van der Waals surface area (Å²) in [4.78, 5) is 13.6. The van der Waals surface area contributed by atoms with Crippen molar-refractivity contribution >= 4 is 29.1 Å². The van der Waals surface area contributed by atoms with Crippen molar-refractivity contribution in [3.63, 3.8) is 0 Å². The van der Waals surface area contributed by atoms with Gasteiger partial charge in [-0.1, -0.05) is 24.3 Å². The van der Waals surface area contributed by atoms with E-state index in [4.69, 9.17) is 9.88 Å². The molecular formula is C18H16FNO2S. The Bertz CT molecular complexity index is 780. The first-order valence-corrected chi connectivity index (χ1v) is 8.01. The Labute approximate surface area is 138 Å². The maximum atomic E-state index is 13.2. The molecule has 0 fully saturated rings. The summed E-state index contributed by atoms with van der Waals surface area (Å²) in [5.41, 5.74) is 0.971. The SMILES string of the molecule is CC1(C)OC(c2ccc(SN)cc2)=C(c2ccc(F)cc2)C1=O. The molecule has 2 aromatic carbocycles. The van der Waals surface area contributed by atoms with Gasteiger partial charge >= 0.3 is 0 Å². The van der Waals surface area contributed by atoms with Crippen LogP contribution < -0.4 is 5.14 Å². The van der Waals surface area contributed by atoms with E-state index in [0.717, 1.165) is 22.4 Å². The van der Waals surface area contributed by atoms with E-state index in [1.54, 1.807) is 26.0 Å². The van der Waals surface area contributed by atoms with E-state index in [1.165, 1.54) is 12.1 Å². The molecule has 1 aliphatic heterocycles. The van der Waals surface area contributed by atoms with E-state index in [9.17, 15) is 9.18 Å². The van der Waals surface area contributed by atoms with Gasteiger partial charge in [-0.05, 0) is 55.6 Å². The molecule has 3 nitrogen and oxygen atoms in total. The zero-order valence-electron chi connectivity index (χ0n) is 12.8. The summed E-state index contributed by atoms with van der Waals surface area (Å²) in [5.74, 6) is 0.0578. The molecule has 0 atom stereocenters. The highest BCUT2D eigenvalue weighted by Gasteiger charge is 2.42. The van der Waals surface area contributed by atoms with E-state index in [0.29, 0.717) is 16.9 Å². The van der Waals surface area contributed by atoms with Crippen LogP contribution in [0.2, 0.25) is 0 Å². The third-order valence-electron chi connectivity index (χ3n) is 3.74. The van der Waals surface area contributed by atoms with Gasteiger partial charge in [0.15, 0.2) is 5.60 Å². The lowest BCUT2D eigenvalue weighted by molar-refractivity contribution is -0.125. The molecule has 0 bridgehead atoms. The van der Waals surface area contributed by atoms with Gasteiger partial charge in [-0.25, -0.2) is 4.39 Å². The van der Waals surface area contributed by atoms with Crippen LogP contribution in [0.25, 0.3) is 11.3 Å². The first-order valence-electron chi connectivity index (χ1n) is 7.13. The predicted octanol–water partition coefficient (Wildman–Crippen LogP) is 4.04. The van der Waals surface area contributed by atoms with Crippen molar-refractivity contribution in [1.29, 1.82) is 0 Å². The fraction of sp³-hybridized carbons (Fsp3) is 0.167. The zero-order valence-corrected chi connectivity index (χ0v) is 13.6. The van der Waals surface area contributed by atoms with Crippen molar-refractivity contribution in [3.8, 4) is 0 Å². The molecule has 118 valence electrons. The quantitative estimate of drug-likeness (QED) is 0.864. The second-order valence-electron chi connectivity index (χ2n) is 5.79. The van der Waals surface area contributed by atoms with Crippen LogP contribution in [-0.2, 0) is 9.53 Å². The lowest BCUT2D eigenvalue weighted by Gasteiger charge is -2.17. The first-order chi connectivity index (χ1) is 10.9. The minimum absolute atomic E-state index is 0.114. The van der Waals surface area contributed by atoms with E-state index < -0.39 is 5.60 Å². The summed E-state index contributed by atoms with van der Waals surface area (Å²) in [6, 6.07) is 13.3. The van der Waals surface area contributed by atoms with Crippen molar-refractivity contribution in [2.75, 3.05) is 0 Å². The number of carbonyl (C=O) groups is 1. The van der Waals surface area contributed by atoms with Gasteiger partial charge < -0.3 is 4.74 Å². The molecule has 23 heavy (non-hydrogen) atoms. The topological polar surface area (TPSA) is 52.3 Å². The number of ether oxygens (including phenoxy) is 1. The molecule has 3 rings (SSSR count). The van der Waals surface area contributed by atoms with Crippen LogP contribution in [0.3, 0.4) is 0 Å². The molecule has 0 unspecified atom stereocenters. The Kier molecular flexibility index (Phi) is 4.00. The van der Waals surface area contributed by atoms with E-state index in [2.05, 4.69) is 0 Å². The fourth-order valence-electron chi connectivity index (χ4n) is 2.52. The molecule has 0 radical (unpaired) electrons. The van der Waals surface area contributed by atoms with Gasteiger partial charge in [0.2, 0.25) is 5.78 Å². The highest BCUT2D eigenvalue weighted by atomic mass is 32.2. The second kappa shape index (κ2) is 5.83. The van der Waals surface area contributed by atoms with Crippen LogP contribution in [0.15, 0.2) is 53.4 Å². The molecule has 0 saturated carbocycles. The number of ketones is 1. The summed E-state index contributed by atoms with van der Waals surface area (Å²) in [7, 11) is 0. The summed E-state index contributed by atoms with van der Waals surface area (Å²) in [6.07, 6.45) is 0. The molecule has 0 spiro atoms. The summed E-state index contributed by atoms with van der Waals surface area (Å²) >= 11 is 1.15. The van der Waals surface area contributed by atoms with Crippen LogP contribution in [0, 0.1) is 5.82 Å². The lowest BCUT2D eigenvalue weighted by Crippen LogP contribution is -2.29. The molecule has 1 aliphatic rings. The predicted molar refractivity (Wildman–Crippen MR) is 89.9 cm³/mol. The number of carbonyl (C=O) groups excluding carboxylic acids is 1. The Morgan fingerprint density at radius 3 is 2.13 bits per heavy atom. The number of hydrogen-bond donors (Lipinski definition) is 1. The van der Waals surface area contributed by atoms with Crippen LogP contribution >= 0.6 is 11.9 Å². The number of rotatable bonds is 3. The van der Waals surface area contributed by atoms with E-state index >= 15 is 0 Å². The molecule has 0 aliphatic carbocycles. The van der Waals surface area contributed by atoms with Crippen LogP contribution in [-0.4, -0.2) is 11.4 Å². The molecule has 2 aromatic rings. The molecule has 5 heteroatoms. The number of halogens is 1. The van der Waals surface area contributed by atoms with Gasteiger partial charge in [-0.15, -0.1) is 0 Å². The van der Waals surface area contributed by atoms with Gasteiger partial charge in [-0.3, -0.25) is 9.93 Å². The van der Waals surface area contributed by atoms with Crippen molar-refractivity contribution in [3.05, 3.63) is 65.5 Å². The van der Waals surface area contributed by atoms with E-state index in [-0.39, 0.29) is 11.6 Å². The summed E-state index contributed by atoms with van der Waals surface area (Å²) in [5, 5.41) is 5.53. The molecule has 0 saturated heterocycles. The van der Waals surface area contributed by atoms with Gasteiger partial charge in [0.25, 0.3) is 0 Å². The summed E-state index contributed by atoms with van der Waals surface area (Å²) < 4.78 is 19.1. The fourth-order valence-corrected chi connectivity index (χ4v) is 2.82. The van der Waals surface area contributed by atoms with Crippen molar-refractivity contribution in [2.24, 2.45) is 5.14 Å². The lowest BCUT2D eigenvalue weighted by atomic mass is 9.92. The van der Waals surface area contributed by atoms with E-state index in [1.807, 2.05) is 24.3 Å². The highest BCUT2D eigenvalue weighted by Crippen LogP contribution is 2.41. The Morgan fingerprint density at radius 1 is 1.00 bits per heavy atom. The second-order valence-corrected chi connectivity index (χ2v) is 6.50. The Hall–Kier alpha value is -2.11. The minimum atomic E-state index is -0.944. The van der Waals surface area contributed by atoms with Crippen LogP contribution in [0.5, 0.6) is 0 Å². The standard InChI is InChI=1S/C18H16FNO2S/c1-18(2)17(21)15(11-3-7-13(19)8-4-11)16(22-18)12-5-9-14(23-20)10-6-12/h3-10H,20H2,1-2H3. The third kappa shape index (κ3) is 2.90. The van der Waals surface area contributed by atoms with Gasteiger partial charge in [0.05, 0.1) is 5.57 Å². The maximum absolute atomic E-state index is 13.2. The Morgan fingerprint density at radius 2 is 1.57 bits per heavy atom. The van der Waals surface area contributed by atoms with Crippen LogP contribution in [0.1, 0.15) is 25.0 Å². The first kappa shape index (κ1) is 15.8. The zero-order chi connectivity index (χ0) is 16.6. The minimum Gasteiger partial charge on any atom is -0.478 e. The number of benzene rings is 2. The molecule has 2 N–H and O–H groups in total. The maximum Gasteiger partial charge on any atom is 0.210 e. The van der Waals surface area contributed by atoms with Crippen LogP contribution in [0.4, 0.5) is 4.39 Å². The highest BCUT2D eigenvalue weighted by molar-refractivity contribution is 7.97. The van der Waals surface area contributed by atoms with Crippen molar-refractivity contribution in [2.45, 2.75) is 24.3 Å². The van der Waals surface area contributed by atoms with Gasteiger partial charge in [-0.2, -0.15) is 0 Å². The largest absolute Gasteiger partial charge is 0.478 e. The monoisotopic (exact) mass is 329 g/mol. The molecule has 0 amide bonds. The smallest absolute Gasteiger partial charge is 0.210 e. The number of nitrogens with two attached hydrogens (primary N) is 1. The third-order valence-corrected chi connectivity index (χ3v) is 4.29.